The third-order valence-corrected chi connectivity index (χ3v) is 1.39. The van der Waals surface area contributed by atoms with Crippen molar-refractivity contribution in [2.75, 3.05) is 0 Å². The largest absolute Gasteiger partial charge is 0.255 e. The molecule has 0 saturated heterocycles. The van der Waals surface area contributed by atoms with Crippen LogP contribution in [-0.2, 0) is 6.42 Å². The number of aromatic nitrogens is 1. The number of rotatable bonds is 1. The summed E-state index contributed by atoms with van der Waals surface area (Å²) in [7, 11) is 0. The van der Waals surface area contributed by atoms with E-state index in [1.807, 2.05) is 27.7 Å². The summed E-state index contributed by atoms with van der Waals surface area (Å²) in [5.41, 5.74) is 1.43. The highest BCUT2D eigenvalue weighted by Gasteiger charge is 1.99. The molecule has 0 radical (unpaired) electrons. The monoisotopic (exact) mass is 169 g/mol. The van der Waals surface area contributed by atoms with Crippen LogP contribution in [-0.4, -0.2) is 4.98 Å². The fourth-order valence-corrected chi connectivity index (χ4v) is 0.841. The van der Waals surface area contributed by atoms with Crippen LogP contribution in [0.3, 0.4) is 0 Å². The molecule has 12 heavy (non-hydrogen) atoms. The normalized spacial score (nSPS) is 8.75. The van der Waals surface area contributed by atoms with E-state index in [9.17, 15) is 4.39 Å². The van der Waals surface area contributed by atoms with Gasteiger partial charge in [0.2, 0.25) is 0 Å². The van der Waals surface area contributed by atoms with E-state index >= 15 is 0 Å². The average molecular weight is 169 g/mol. The Hall–Kier alpha value is -0.920. The Kier molecular flexibility index (Phi) is 5.26. The van der Waals surface area contributed by atoms with Crippen LogP contribution in [0.5, 0.6) is 0 Å². The SMILES string of the molecule is CC.CCc1nc(C)ccc1F. The summed E-state index contributed by atoms with van der Waals surface area (Å²) >= 11 is 0. The highest BCUT2D eigenvalue weighted by molar-refractivity contribution is 5.12. The van der Waals surface area contributed by atoms with Crippen molar-refractivity contribution in [1.82, 2.24) is 4.98 Å². The Morgan fingerprint density at radius 2 is 1.92 bits per heavy atom. The highest BCUT2D eigenvalue weighted by Crippen LogP contribution is 2.04. The van der Waals surface area contributed by atoms with Gasteiger partial charge in [-0.3, -0.25) is 4.98 Å². The molecule has 1 nitrogen and oxygen atoms in total. The van der Waals surface area contributed by atoms with Gasteiger partial charge in [-0.2, -0.15) is 0 Å². The molecule has 68 valence electrons. The van der Waals surface area contributed by atoms with Crippen molar-refractivity contribution in [2.45, 2.75) is 34.1 Å². The minimum absolute atomic E-state index is 0.201. The topological polar surface area (TPSA) is 12.9 Å². The molecule has 0 spiro atoms. The second-order valence-electron chi connectivity index (χ2n) is 2.23. The lowest BCUT2D eigenvalue weighted by atomic mass is 10.2. The van der Waals surface area contributed by atoms with Crippen molar-refractivity contribution >= 4 is 0 Å². The molecule has 0 aliphatic carbocycles. The summed E-state index contributed by atoms with van der Waals surface area (Å²) in [5.74, 6) is -0.201. The summed E-state index contributed by atoms with van der Waals surface area (Å²) in [5, 5.41) is 0. The van der Waals surface area contributed by atoms with E-state index in [1.165, 1.54) is 6.07 Å². The van der Waals surface area contributed by atoms with Gasteiger partial charge in [0.05, 0.1) is 5.69 Å². The molecule has 2 heteroatoms. The Morgan fingerprint density at radius 3 is 2.33 bits per heavy atom. The van der Waals surface area contributed by atoms with Gasteiger partial charge in [0, 0.05) is 5.69 Å². The van der Waals surface area contributed by atoms with Crippen molar-refractivity contribution in [3.63, 3.8) is 0 Å². The smallest absolute Gasteiger partial charge is 0.144 e. The summed E-state index contributed by atoms with van der Waals surface area (Å²) in [4.78, 5) is 4.02. The van der Waals surface area contributed by atoms with Crippen LogP contribution in [0.2, 0.25) is 0 Å². The molecule has 0 aliphatic rings. The molecule has 0 aliphatic heterocycles. The fraction of sp³-hybridized carbons (Fsp3) is 0.500. The maximum Gasteiger partial charge on any atom is 0.144 e. The molecule has 0 bridgehead atoms. The molecular weight excluding hydrogens is 153 g/mol. The Bertz CT molecular complexity index is 233. The Morgan fingerprint density at radius 1 is 1.33 bits per heavy atom. The molecule has 1 aromatic heterocycles. The third kappa shape index (κ3) is 2.99. The fourth-order valence-electron chi connectivity index (χ4n) is 0.841. The van der Waals surface area contributed by atoms with Crippen molar-refractivity contribution in [1.29, 1.82) is 0 Å². The van der Waals surface area contributed by atoms with Gasteiger partial charge in [-0.25, -0.2) is 4.39 Å². The molecule has 0 unspecified atom stereocenters. The van der Waals surface area contributed by atoms with Gasteiger partial charge < -0.3 is 0 Å². The molecule has 1 heterocycles. The van der Waals surface area contributed by atoms with Crippen molar-refractivity contribution in [3.8, 4) is 0 Å². The number of hydrogen-bond acceptors (Lipinski definition) is 1. The van der Waals surface area contributed by atoms with E-state index < -0.39 is 0 Å². The first-order chi connectivity index (χ1) is 5.74. The van der Waals surface area contributed by atoms with Gasteiger partial charge in [0.25, 0.3) is 0 Å². The lowest BCUT2D eigenvalue weighted by Gasteiger charge is -1.98. The lowest BCUT2D eigenvalue weighted by molar-refractivity contribution is 0.600. The van der Waals surface area contributed by atoms with Crippen molar-refractivity contribution in [3.05, 3.63) is 29.3 Å². The van der Waals surface area contributed by atoms with Gasteiger partial charge in [-0.05, 0) is 25.5 Å². The summed E-state index contributed by atoms with van der Waals surface area (Å²) in [6.07, 6.45) is 0.660. The van der Waals surface area contributed by atoms with Crippen molar-refractivity contribution in [2.24, 2.45) is 0 Å². The number of nitrogens with zero attached hydrogens (tertiary/aromatic N) is 1. The van der Waals surface area contributed by atoms with Gasteiger partial charge in [0.15, 0.2) is 0 Å². The van der Waals surface area contributed by atoms with Crippen molar-refractivity contribution < 1.29 is 4.39 Å². The first-order valence-electron chi connectivity index (χ1n) is 4.36. The third-order valence-electron chi connectivity index (χ3n) is 1.39. The minimum atomic E-state index is -0.201. The molecule has 1 rings (SSSR count). The summed E-state index contributed by atoms with van der Waals surface area (Å²) in [6.45, 7) is 7.75. The zero-order chi connectivity index (χ0) is 9.56. The maximum atomic E-state index is 12.7. The van der Waals surface area contributed by atoms with Crippen LogP contribution < -0.4 is 0 Å². The highest BCUT2D eigenvalue weighted by atomic mass is 19.1. The molecule has 1 aromatic rings. The zero-order valence-electron chi connectivity index (χ0n) is 8.19. The zero-order valence-corrected chi connectivity index (χ0v) is 8.19. The molecule has 0 amide bonds. The molecule has 0 N–H and O–H groups in total. The van der Waals surface area contributed by atoms with Gasteiger partial charge >= 0.3 is 0 Å². The molecule has 0 atom stereocenters. The van der Waals surface area contributed by atoms with Crippen LogP contribution in [0.1, 0.15) is 32.2 Å². The minimum Gasteiger partial charge on any atom is -0.255 e. The quantitative estimate of drug-likeness (QED) is 0.629. The molecular formula is C10H16FN. The standard InChI is InChI=1S/C8H10FN.C2H6/c1-3-8-7(9)5-4-6(2)10-8;1-2/h4-5H,3H2,1-2H3;1-2H3. The molecule has 0 aromatic carbocycles. The first-order valence-corrected chi connectivity index (χ1v) is 4.36. The Labute approximate surface area is 73.6 Å². The second kappa shape index (κ2) is 5.70. The second-order valence-corrected chi connectivity index (χ2v) is 2.23. The predicted octanol–water partition coefficient (Wildman–Crippen LogP) is 3.12. The van der Waals surface area contributed by atoms with Crippen LogP contribution in [0, 0.1) is 12.7 Å². The van der Waals surface area contributed by atoms with Gasteiger partial charge in [-0.1, -0.05) is 20.8 Å². The van der Waals surface area contributed by atoms with E-state index in [-0.39, 0.29) is 5.82 Å². The van der Waals surface area contributed by atoms with Crippen LogP contribution in [0.15, 0.2) is 12.1 Å². The van der Waals surface area contributed by atoms with Crippen LogP contribution >= 0.6 is 0 Å². The number of aryl methyl sites for hydroxylation is 2. The Balaban J connectivity index is 0.000000561. The average Bonchev–Trinajstić information content (AvgIpc) is 2.13. The number of hydrogen-bond donors (Lipinski definition) is 0. The van der Waals surface area contributed by atoms with E-state index in [2.05, 4.69) is 4.98 Å². The van der Waals surface area contributed by atoms with E-state index in [0.717, 1.165) is 5.69 Å². The molecule has 0 fully saturated rings. The summed E-state index contributed by atoms with van der Waals surface area (Å²) < 4.78 is 12.7. The first kappa shape index (κ1) is 11.1. The number of pyridine rings is 1. The van der Waals surface area contributed by atoms with Gasteiger partial charge in [-0.15, -0.1) is 0 Å². The lowest BCUT2D eigenvalue weighted by Crippen LogP contribution is -1.93. The molecule has 0 saturated carbocycles. The maximum absolute atomic E-state index is 12.7. The van der Waals surface area contributed by atoms with E-state index in [4.69, 9.17) is 0 Å². The van der Waals surface area contributed by atoms with Gasteiger partial charge in [0.1, 0.15) is 5.82 Å². The van der Waals surface area contributed by atoms with E-state index in [0.29, 0.717) is 12.1 Å². The van der Waals surface area contributed by atoms with Crippen LogP contribution in [0.4, 0.5) is 4.39 Å². The van der Waals surface area contributed by atoms with E-state index in [1.54, 1.807) is 6.07 Å². The van der Waals surface area contributed by atoms with Crippen LogP contribution in [0.25, 0.3) is 0 Å². The summed E-state index contributed by atoms with van der Waals surface area (Å²) in [6, 6.07) is 3.13. The predicted molar refractivity (Wildman–Crippen MR) is 49.7 cm³/mol. The number of halogens is 1.